The van der Waals surface area contributed by atoms with E-state index in [0.717, 1.165) is 4.47 Å². The zero-order valence-corrected chi connectivity index (χ0v) is 10.8. The summed E-state index contributed by atoms with van der Waals surface area (Å²) < 4.78 is 12.0. The van der Waals surface area contributed by atoms with Crippen LogP contribution >= 0.6 is 15.9 Å². The van der Waals surface area contributed by atoms with Crippen molar-refractivity contribution in [3.05, 3.63) is 34.3 Å². The fraction of sp³-hybridized carbons (Fsp3) is 0.500. The van der Waals surface area contributed by atoms with Gasteiger partial charge in [0.15, 0.2) is 0 Å². The van der Waals surface area contributed by atoms with E-state index in [9.17, 15) is 0 Å². The van der Waals surface area contributed by atoms with Crippen LogP contribution in [0.5, 0.6) is 0 Å². The number of halogens is 1. The summed E-state index contributed by atoms with van der Waals surface area (Å²) in [5, 5.41) is 0. The van der Waals surface area contributed by atoms with Gasteiger partial charge in [0, 0.05) is 4.47 Å². The third kappa shape index (κ3) is 5.30. The minimum absolute atomic E-state index is 0.275. The van der Waals surface area contributed by atoms with E-state index in [1.807, 2.05) is 38.1 Å². The molecule has 0 amide bonds. The van der Waals surface area contributed by atoms with Crippen LogP contribution in [0.25, 0.3) is 0 Å². The maximum atomic E-state index is 5.50. The van der Waals surface area contributed by atoms with Gasteiger partial charge in [-0.1, -0.05) is 34.1 Å². The lowest BCUT2D eigenvalue weighted by molar-refractivity contribution is 0.0142. The molecule has 2 nitrogen and oxygen atoms in total. The van der Waals surface area contributed by atoms with Gasteiger partial charge in [-0.15, -0.1) is 0 Å². The Kier molecular flexibility index (Phi) is 5.91. The van der Waals surface area contributed by atoms with Crippen molar-refractivity contribution in [2.75, 3.05) is 13.2 Å². The van der Waals surface area contributed by atoms with Gasteiger partial charge in [-0.2, -0.15) is 0 Å². The Morgan fingerprint density at radius 1 is 1.20 bits per heavy atom. The van der Waals surface area contributed by atoms with Crippen LogP contribution in [0.4, 0.5) is 0 Å². The van der Waals surface area contributed by atoms with Gasteiger partial charge in [0.2, 0.25) is 0 Å². The molecule has 1 aromatic carbocycles. The molecule has 1 rings (SSSR count). The average molecular weight is 273 g/mol. The van der Waals surface area contributed by atoms with Crippen LogP contribution in [0.2, 0.25) is 0 Å². The fourth-order valence-electron chi connectivity index (χ4n) is 1.14. The SMILES string of the molecule is CC(C)OCCOCc1ccccc1Br. The third-order valence-electron chi connectivity index (χ3n) is 1.89. The van der Waals surface area contributed by atoms with Crippen molar-refractivity contribution in [3.8, 4) is 0 Å². The minimum atomic E-state index is 0.275. The van der Waals surface area contributed by atoms with Crippen LogP contribution in [0.3, 0.4) is 0 Å². The van der Waals surface area contributed by atoms with Crippen molar-refractivity contribution in [1.82, 2.24) is 0 Å². The lowest BCUT2D eigenvalue weighted by Gasteiger charge is -2.08. The van der Waals surface area contributed by atoms with Gasteiger partial charge < -0.3 is 9.47 Å². The van der Waals surface area contributed by atoms with Gasteiger partial charge in [0.05, 0.1) is 25.9 Å². The zero-order valence-electron chi connectivity index (χ0n) is 9.20. The molecule has 0 heterocycles. The average Bonchev–Trinajstić information content (AvgIpc) is 2.20. The summed E-state index contributed by atoms with van der Waals surface area (Å²) in [6, 6.07) is 8.07. The highest BCUT2D eigenvalue weighted by Crippen LogP contribution is 2.16. The van der Waals surface area contributed by atoms with Gasteiger partial charge in [-0.25, -0.2) is 0 Å². The van der Waals surface area contributed by atoms with Crippen molar-refractivity contribution in [2.45, 2.75) is 26.6 Å². The summed E-state index contributed by atoms with van der Waals surface area (Å²) in [6.45, 7) is 5.96. The van der Waals surface area contributed by atoms with E-state index in [4.69, 9.17) is 9.47 Å². The fourth-order valence-corrected chi connectivity index (χ4v) is 1.54. The van der Waals surface area contributed by atoms with Gasteiger partial charge in [-0.3, -0.25) is 0 Å². The van der Waals surface area contributed by atoms with E-state index in [1.54, 1.807) is 0 Å². The molecule has 0 aliphatic carbocycles. The van der Waals surface area contributed by atoms with Gasteiger partial charge in [-0.05, 0) is 25.5 Å². The molecule has 1 aromatic rings. The summed E-state index contributed by atoms with van der Waals surface area (Å²) in [7, 11) is 0. The van der Waals surface area contributed by atoms with Gasteiger partial charge in [0.25, 0.3) is 0 Å². The Balaban J connectivity index is 2.18. The Morgan fingerprint density at radius 3 is 2.60 bits per heavy atom. The molecule has 0 aliphatic heterocycles. The van der Waals surface area contributed by atoms with Gasteiger partial charge >= 0.3 is 0 Å². The first-order valence-corrected chi connectivity index (χ1v) is 5.92. The van der Waals surface area contributed by atoms with Crippen LogP contribution < -0.4 is 0 Å². The smallest absolute Gasteiger partial charge is 0.0728 e. The van der Waals surface area contributed by atoms with E-state index >= 15 is 0 Å². The molecule has 84 valence electrons. The monoisotopic (exact) mass is 272 g/mol. The Labute approximate surface area is 99.7 Å². The molecule has 0 saturated carbocycles. The first kappa shape index (κ1) is 12.7. The molecule has 0 bridgehead atoms. The summed E-state index contributed by atoms with van der Waals surface area (Å²) in [6.07, 6.45) is 0.275. The van der Waals surface area contributed by atoms with Crippen molar-refractivity contribution in [1.29, 1.82) is 0 Å². The van der Waals surface area contributed by atoms with Crippen LogP contribution in [0.15, 0.2) is 28.7 Å². The van der Waals surface area contributed by atoms with Crippen molar-refractivity contribution >= 4 is 15.9 Å². The molecule has 0 spiro atoms. The quantitative estimate of drug-likeness (QED) is 0.740. The van der Waals surface area contributed by atoms with Crippen molar-refractivity contribution in [2.24, 2.45) is 0 Å². The topological polar surface area (TPSA) is 18.5 Å². The molecular weight excluding hydrogens is 256 g/mol. The molecule has 0 aromatic heterocycles. The Bertz CT molecular complexity index is 287. The summed E-state index contributed by atoms with van der Waals surface area (Å²) in [5.74, 6) is 0. The molecule has 0 atom stereocenters. The van der Waals surface area contributed by atoms with E-state index in [-0.39, 0.29) is 6.10 Å². The van der Waals surface area contributed by atoms with Crippen LogP contribution in [0, 0.1) is 0 Å². The summed E-state index contributed by atoms with van der Waals surface area (Å²) in [4.78, 5) is 0. The van der Waals surface area contributed by atoms with Crippen LogP contribution in [-0.2, 0) is 16.1 Å². The number of ether oxygens (including phenoxy) is 2. The van der Waals surface area contributed by atoms with Crippen LogP contribution in [-0.4, -0.2) is 19.3 Å². The lowest BCUT2D eigenvalue weighted by Crippen LogP contribution is -2.09. The first-order chi connectivity index (χ1) is 7.20. The number of hydrogen-bond acceptors (Lipinski definition) is 2. The third-order valence-corrected chi connectivity index (χ3v) is 2.67. The second-order valence-corrected chi connectivity index (χ2v) is 4.42. The standard InChI is InChI=1S/C12H17BrO2/c1-10(2)15-8-7-14-9-11-5-3-4-6-12(11)13/h3-6,10H,7-9H2,1-2H3. The second-order valence-electron chi connectivity index (χ2n) is 3.56. The maximum absolute atomic E-state index is 5.50. The lowest BCUT2D eigenvalue weighted by atomic mass is 10.2. The van der Waals surface area contributed by atoms with Crippen LogP contribution in [0.1, 0.15) is 19.4 Å². The minimum Gasteiger partial charge on any atom is -0.376 e. The summed E-state index contributed by atoms with van der Waals surface area (Å²) >= 11 is 3.48. The zero-order chi connectivity index (χ0) is 11.1. The Hall–Kier alpha value is -0.380. The highest BCUT2D eigenvalue weighted by molar-refractivity contribution is 9.10. The van der Waals surface area contributed by atoms with E-state index < -0.39 is 0 Å². The molecule has 0 unspecified atom stereocenters. The molecule has 15 heavy (non-hydrogen) atoms. The maximum Gasteiger partial charge on any atom is 0.0728 e. The number of benzene rings is 1. The summed E-state index contributed by atoms with van der Waals surface area (Å²) in [5.41, 5.74) is 1.17. The molecule has 0 fully saturated rings. The predicted molar refractivity (Wildman–Crippen MR) is 64.9 cm³/mol. The number of rotatable bonds is 6. The molecule has 0 N–H and O–H groups in total. The highest BCUT2D eigenvalue weighted by Gasteiger charge is 1.98. The Morgan fingerprint density at radius 2 is 1.93 bits per heavy atom. The molecule has 0 aliphatic rings. The first-order valence-electron chi connectivity index (χ1n) is 5.13. The van der Waals surface area contributed by atoms with Gasteiger partial charge in [0.1, 0.15) is 0 Å². The molecule has 0 radical (unpaired) electrons. The van der Waals surface area contributed by atoms with E-state index in [2.05, 4.69) is 15.9 Å². The normalized spacial score (nSPS) is 10.9. The molecule has 3 heteroatoms. The highest BCUT2D eigenvalue weighted by atomic mass is 79.9. The van der Waals surface area contributed by atoms with Crippen molar-refractivity contribution < 1.29 is 9.47 Å². The second kappa shape index (κ2) is 6.99. The van der Waals surface area contributed by atoms with Crippen molar-refractivity contribution in [3.63, 3.8) is 0 Å². The van der Waals surface area contributed by atoms with E-state index in [0.29, 0.717) is 19.8 Å². The predicted octanol–water partition coefficient (Wildman–Crippen LogP) is 3.39. The molecular formula is C12H17BrO2. The molecule has 0 saturated heterocycles. The largest absolute Gasteiger partial charge is 0.376 e. The van der Waals surface area contributed by atoms with E-state index in [1.165, 1.54) is 5.56 Å². The number of hydrogen-bond donors (Lipinski definition) is 0.